The van der Waals surface area contributed by atoms with Gasteiger partial charge in [0, 0.05) is 7.05 Å². The fourth-order valence-electron chi connectivity index (χ4n) is 1.90. The molecular formula is C14H16N2O4. The van der Waals surface area contributed by atoms with E-state index in [0.717, 1.165) is 5.56 Å². The maximum atomic E-state index is 12.2. The molecule has 1 N–H and O–H groups in total. The van der Waals surface area contributed by atoms with Crippen molar-refractivity contribution >= 4 is 11.6 Å². The van der Waals surface area contributed by atoms with Crippen LogP contribution in [0, 0.1) is 13.8 Å². The summed E-state index contributed by atoms with van der Waals surface area (Å²) in [4.78, 5) is 23.8. The smallest absolute Gasteiger partial charge is 0.370 e. The minimum atomic E-state index is -0.658. The summed E-state index contributed by atoms with van der Waals surface area (Å²) in [5.41, 5.74) is 1.29. The van der Waals surface area contributed by atoms with Crippen molar-refractivity contribution in [2.24, 2.45) is 7.05 Å². The number of hydrogen-bond donors (Lipinski definition) is 1. The van der Waals surface area contributed by atoms with Crippen molar-refractivity contribution in [2.75, 3.05) is 12.4 Å². The zero-order chi connectivity index (χ0) is 14.9. The first kappa shape index (κ1) is 13.9. The lowest BCUT2D eigenvalue weighted by molar-refractivity contribution is 0.102. The van der Waals surface area contributed by atoms with Gasteiger partial charge in [0.25, 0.3) is 5.91 Å². The molecule has 1 aromatic heterocycles. The SMILES string of the molecule is COc1ccc(C)cc1NC(=O)c1c(C)n(C)oc1=O. The molecule has 2 rings (SSSR count). The molecule has 0 unspecified atom stereocenters. The topological polar surface area (TPSA) is 73.5 Å². The van der Waals surface area contributed by atoms with Gasteiger partial charge in [-0.1, -0.05) is 6.07 Å². The molecule has 2 aromatic rings. The van der Waals surface area contributed by atoms with Gasteiger partial charge in [0.05, 0.1) is 18.5 Å². The van der Waals surface area contributed by atoms with Gasteiger partial charge in [0.1, 0.15) is 11.3 Å². The minimum Gasteiger partial charge on any atom is -0.495 e. The van der Waals surface area contributed by atoms with Crippen molar-refractivity contribution in [1.29, 1.82) is 0 Å². The molecule has 0 radical (unpaired) electrons. The van der Waals surface area contributed by atoms with Crippen LogP contribution < -0.4 is 15.7 Å². The number of aromatic nitrogens is 1. The molecule has 0 bridgehead atoms. The van der Waals surface area contributed by atoms with E-state index >= 15 is 0 Å². The number of carbonyl (C=O) groups excluding carboxylic acids is 1. The summed E-state index contributed by atoms with van der Waals surface area (Å²) in [5, 5.41) is 2.68. The van der Waals surface area contributed by atoms with Crippen molar-refractivity contribution in [3.8, 4) is 5.75 Å². The van der Waals surface area contributed by atoms with Crippen LogP contribution in [0.1, 0.15) is 21.6 Å². The number of nitrogens with zero attached hydrogens (tertiary/aromatic N) is 1. The fraction of sp³-hybridized carbons (Fsp3) is 0.286. The first-order chi connectivity index (χ1) is 9.43. The van der Waals surface area contributed by atoms with Gasteiger partial charge >= 0.3 is 5.63 Å². The fourth-order valence-corrected chi connectivity index (χ4v) is 1.90. The van der Waals surface area contributed by atoms with Crippen LogP contribution in [0.3, 0.4) is 0 Å². The van der Waals surface area contributed by atoms with E-state index in [1.54, 1.807) is 26.1 Å². The molecule has 0 aliphatic carbocycles. The number of nitrogens with one attached hydrogen (secondary N) is 1. The van der Waals surface area contributed by atoms with Crippen LogP contribution in [-0.2, 0) is 7.05 Å². The van der Waals surface area contributed by atoms with E-state index in [0.29, 0.717) is 17.1 Å². The molecule has 20 heavy (non-hydrogen) atoms. The van der Waals surface area contributed by atoms with Crippen LogP contribution in [0.4, 0.5) is 5.69 Å². The van der Waals surface area contributed by atoms with Crippen molar-refractivity contribution in [3.63, 3.8) is 0 Å². The largest absolute Gasteiger partial charge is 0.495 e. The van der Waals surface area contributed by atoms with Gasteiger partial charge in [-0.25, -0.2) is 9.53 Å². The number of ether oxygens (including phenoxy) is 1. The van der Waals surface area contributed by atoms with E-state index in [1.807, 2.05) is 13.0 Å². The van der Waals surface area contributed by atoms with Crippen LogP contribution in [0.5, 0.6) is 5.75 Å². The van der Waals surface area contributed by atoms with Crippen LogP contribution in [0.25, 0.3) is 0 Å². The maximum Gasteiger partial charge on any atom is 0.370 e. The summed E-state index contributed by atoms with van der Waals surface area (Å²) >= 11 is 0. The molecule has 1 amide bonds. The molecule has 0 fully saturated rings. The lowest BCUT2D eigenvalue weighted by Crippen LogP contribution is -2.19. The van der Waals surface area contributed by atoms with Gasteiger partial charge < -0.3 is 14.6 Å². The van der Waals surface area contributed by atoms with Gasteiger partial charge in [-0.2, -0.15) is 0 Å². The summed E-state index contributed by atoms with van der Waals surface area (Å²) in [6, 6.07) is 5.40. The molecule has 6 heteroatoms. The van der Waals surface area contributed by atoms with E-state index in [9.17, 15) is 9.59 Å². The molecule has 0 spiro atoms. The molecule has 0 aliphatic heterocycles. The number of amides is 1. The number of rotatable bonds is 3. The normalized spacial score (nSPS) is 10.4. The number of anilines is 1. The van der Waals surface area contributed by atoms with Crippen molar-refractivity contribution in [3.05, 3.63) is 45.4 Å². The summed E-state index contributed by atoms with van der Waals surface area (Å²) in [6.07, 6.45) is 0. The summed E-state index contributed by atoms with van der Waals surface area (Å²) in [7, 11) is 3.09. The molecule has 106 valence electrons. The monoisotopic (exact) mass is 276 g/mol. The Labute approximate surface area is 115 Å². The van der Waals surface area contributed by atoms with Gasteiger partial charge in [0.15, 0.2) is 0 Å². The van der Waals surface area contributed by atoms with E-state index in [-0.39, 0.29) is 5.56 Å². The Kier molecular flexibility index (Phi) is 3.65. The highest BCUT2D eigenvalue weighted by Crippen LogP contribution is 2.25. The van der Waals surface area contributed by atoms with Crippen molar-refractivity contribution in [1.82, 2.24) is 4.74 Å². The molecule has 6 nitrogen and oxygen atoms in total. The number of benzene rings is 1. The molecule has 1 heterocycles. The summed E-state index contributed by atoms with van der Waals surface area (Å²) in [6.45, 7) is 3.55. The van der Waals surface area contributed by atoms with E-state index in [1.165, 1.54) is 11.8 Å². The van der Waals surface area contributed by atoms with Crippen LogP contribution in [0.15, 0.2) is 27.5 Å². The van der Waals surface area contributed by atoms with Crippen LogP contribution in [-0.4, -0.2) is 17.8 Å². The zero-order valence-electron chi connectivity index (χ0n) is 11.8. The number of carbonyl (C=O) groups is 1. The van der Waals surface area contributed by atoms with Crippen LogP contribution in [0.2, 0.25) is 0 Å². The third-order valence-electron chi connectivity index (χ3n) is 3.09. The summed E-state index contributed by atoms with van der Waals surface area (Å²) < 4.78 is 11.3. The van der Waals surface area contributed by atoms with E-state index in [2.05, 4.69) is 5.32 Å². The van der Waals surface area contributed by atoms with Gasteiger partial charge in [-0.05, 0) is 31.5 Å². The average Bonchev–Trinajstić information content (AvgIpc) is 2.63. The zero-order valence-corrected chi connectivity index (χ0v) is 11.8. The Bertz CT molecular complexity index is 712. The second-order valence-electron chi connectivity index (χ2n) is 4.49. The highest BCUT2D eigenvalue weighted by Gasteiger charge is 2.20. The standard InChI is InChI=1S/C14H16N2O4/c1-8-5-6-11(19-4)10(7-8)15-13(17)12-9(2)16(3)20-14(12)18/h5-7H,1-4H3,(H,15,17). The maximum absolute atomic E-state index is 12.2. The second kappa shape index (κ2) is 5.24. The third kappa shape index (κ3) is 2.45. The first-order valence-corrected chi connectivity index (χ1v) is 6.07. The van der Waals surface area contributed by atoms with Gasteiger partial charge in [-0.3, -0.25) is 4.79 Å². The molecular weight excluding hydrogens is 260 g/mol. The van der Waals surface area contributed by atoms with Crippen LogP contribution >= 0.6 is 0 Å². The predicted octanol–water partition coefficient (Wildman–Crippen LogP) is 1.86. The average molecular weight is 276 g/mol. The minimum absolute atomic E-state index is 0.00365. The highest BCUT2D eigenvalue weighted by molar-refractivity contribution is 6.05. The molecule has 0 saturated heterocycles. The third-order valence-corrected chi connectivity index (χ3v) is 3.09. The van der Waals surface area contributed by atoms with Crippen molar-refractivity contribution < 1.29 is 14.1 Å². The Balaban J connectivity index is 2.37. The molecule has 0 atom stereocenters. The van der Waals surface area contributed by atoms with Gasteiger partial charge in [0.2, 0.25) is 0 Å². The molecule has 0 aliphatic rings. The Hall–Kier alpha value is -2.50. The summed E-state index contributed by atoms with van der Waals surface area (Å²) in [5.74, 6) is 0.0164. The van der Waals surface area contributed by atoms with Gasteiger partial charge in [-0.15, -0.1) is 0 Å². The van der Waals surface area contributed by atoms with E-state index < -0.39 is 11.5 Å². The lowest BCUT2D eigenvalue weighted by Gasteiger charge is -2.10. The molecule has 1 aromatic carbocycles. The van der Waals surface area contributed by atoms with Crippen molar-refractivity contribution in [2.45, 2.75) is 13.8 Å². The quantitative estimate of drug-likeness (QED) is 0.928. The Morgan fingerprint density at radius 3 is 2.60 bits per heavy atom. The predicted molar refractivity (Wildman–Crippen MR) is 74.4 cm³/mol. The number of aryl methyl sites for hydroxylation is 2. The second-order valence-corrected chi connectivity index (χ2v) is 4.49. The Morgan fingerprint density at radius 1 is 1.35 bits per heavy atom. The highest BCUT2D eigenvalue weighted by atomic mass is 16.5. The first-order valence-electron chi connectivity index (χ1n) is 6.07. The Morgan fingerprint density at radius 2 is 2.05 bits per heavy atom. The number of hydrogen-bond acceptors (Lipinski definition) is 4. The lowest BCUT2D eigenvalue weighted by atomic mass is 10.2. The van der Waals surface area contributed by atoms with E-state index in [4.69, 9.17) is 9.26 Å². The molecule has 0 saturated carbocycles. The number of methoxy groups -OCH3 is 1.